The molecule has 0 radical (unpaired) electrons. The lowest BCUT2D eigenvalue weighted by atomic mass is 9.90. The van der Waals surface area contributed by atoms with Gasteiger partial charge in [-0.1, -0.05) is 13.8 Å². The van der Waals surface area contributed by atoms with E-state index in [1.54, 1.807) is 0 Å². The lowest BCUT2D eigenvalue weighted by Gasteiger charge is -2.33. The maximum Gasteiger partial charge on any atom is 0.0780 e. The van der Waals surface area contributed by atoms with Crippen LogP contribution in [-0.4, -0.2) is 50.7 Å². The zero-order chi connectivity index (χ0) is 17.2. The van der Waals surface area contributed by atoms with E-state index in [4.69, 9.17) is 25.7 Å². The molecule has 0 aliphatic carbocycles. The van der Waals surface area contributed by atoms with Crippen molar-refractivity contribution in [2.75, 3.05) is 33.0 Å². The average molecular weight is 319 g/mol. The van der Waals surface area contributed by atoms with Gasteiger partial charge >= 0.3 is 0 Å². The highest BCUT2D eigenvalue weighted by molar-refractivity contribution is 4.76. The second kappa shape index (κ2) is 11.4. The minimum atomic E-state index is -0.165. The van der Waals surface area contributed by atoms with Gasteiger partial charge in [-0.25, -0.2) is 0 Å². The largest absolute Gasteiger partial charge is 0.377 e. The highest BCUT2D eigenvalue weighted by Gasteiger charge is 2.27. The van der Waals surface area contributed by atoms with Crippen LogP contribution in [-0.2, 0) is 14.2 Å². The third kappa shape index (κ3) is 10.5. The molecule has 0 saturated heterocycles. The van der Waals surface area contributed by atoms with E-state index in [9.17, 15) is 0 Å². The topological polar surface area (TPSA) is 79.7 Å². The van der Waals surface area contributed by atoms with Crippen molar-refractivity contribution >= 4 is 0 Å². The molecule has 0 spiro atoms. The van der Waals surface area contributed by atoms with Crippen LogP contribution in [0.15, 0.2) is 0 Å². The van der Waals surface area contributed by atoms with Gasteiger partial charge in [-0.05, 0) is 52.5 Å². The Morgan fingerprint density at radius 3 is 2.18 bits per heavy atom. The molecule has 22 heavy (non-hydrogen) atoms. The van der Waals surface area contributed by atoms with E-state index >= 15 is 0 Å². The van der Waals surface area contributed by atoms with E-state index < -0.39 is 0 Å². The van der Waals surface area contributed by atoms with Crippen LogP contribution >= 0.6 is 0 Å². The Balaban J connectivity index is 3.88. The molecule has 0 fully saturated rings. The van der Waals surface area contributed by atoms with Crippen LogP contribution in [0.3, 0.4) is 0 Å². The Morgan fingerprint density at radius 1 is 1.00 bits per heavy atom. The van der Waals surface area contributed by atoms with Gasteiger partial charge in [0.2, 0.25) is 0 Å². The predicted octanol–water partition coefficient (Wildman–Crippen LogP) is 2.17. The van der Waals surface area contributed by atoms with Gasteiger partial charge < -0.3 is 25.7 Å². The molecule has 134 valence electrons. The van der Waals surface area contributed by atoms with Gasteiger partial charge in [0.05, 0.1) is 31.5 Å². The first-order valence-electron chi connectivity index (χ1n) is 8.48. The first kappa shape index (κ1) is 21.8. The lowest BCUT2D eigenvalue weighted by Crippen LogP contribution is -2.36. The second-order valence-electron chi connectivity index (χ2n) is 7.14. The Labute approximate surface area is 137 Å². The van der Waals surface area contributed by atoms with Crippen molar-refractivity contribution in [2.45, 2.75) is 65.7 Å². The molecule has 4 atom stereocenters. The number of rotatable bonds is 13. The first-order valence-corrected chi connectivity index (χ1v) is 8.48. The fourth-order valence-electron chi connectivity index (χ4n) is 1.83. The number of hydrogen-bond acceptors (Lipinski definition) is 5. The third-order valence-electron chi connectivity index (χ3n) is 4.02. The fraction of sp³-hybridized carbons (Fsp3) is 1.00. The van der Waals surface area contributed by atoms with Gasteiger partial charge in [0.25, 0.3) is 0 Å². The fourth-order valence-corrected chi connectivity index (χ4v) is 1.83. The lowest BCUT2D eigenvalue weighted by molar-refractivity contribution is -0.0791. The van der Waals surface area contributed by atoms with Gasteiger partial charge in [-0.3, -0.25) is 0 Å². The molecule has 5 nitrogen and oxygen atoms in total. The summed E-state index contributed by atoms with van der Waals surface area (Å²) in [5.74, 6) is 0.805. The molecule has 0 heterocycles. The zero-order valence-corrected chi connectivity index (χ0v) is 15.4. The smallest absolute Gasteiger partial charge is 0.0780 e. The quantitative estimate of drug-likeness (QED) is 0.544. The van der Waals surface area contributed by atoms with Crippen molar-refractivity contribution < 1.29 is 14.2 Å². The Hall–Kier alpha value is -0.200. The van der Waals surface area contributed by atoms with Crippen molar-refractivity contribution in [1.82, 2.24) is 0 Å². The molecule has 5 heteroatoms. The predicted molar refractivity (Wildman–Crippen MR) is 91.9 cm³/mol. The standard InChI is InChI=1S/C17H38N2O3/c1-13(9-18)10-22-17(5,6)14(2)7-8-21-16(4)12-20-11-15(3)19/h13-16H,7-12,18-19H2,1-6H3. The van der Waals surface area contributed by atoms with Crippen LogP contribution in [0, 0.1) is 11.8 Å². The van der Waals surface area contributed by atoms with Crippen LogP contribution in [0.2, 0.25) is 0 Å². The van der Waals surface area contributed by atoms with Gasteiger partial charge in [0.1, 0.15) is 0 Å². The van der Waals surface area contributed by atoms with Crippen LogP contribution < -0.4 is 11.5 Å². The summed E-state index contributed by atoms with van der Waals surface area (Å²) in [6.45, 7) is 15.8. The third-order valence-corrected chi connectivity index (χ3v) is 4.02. The number of nitrogens with two attached hydrogens (primary N) is 2. The van der Waals surface area contributed by atoms with E-state index in [0.717, 1.165) is 6.42 Å². The molecule has 0 amide bonds. The minimum absolute atomic E-state index is 0.0704. The van der Waals surface area contributed by atoms with Crippen molar-refractivity contribution in [3.63, 3.8) is 0 Å². The Morgan fingerprint density at radius 2 is 1.64 bits per heavy atom. The van der Waals surface area contributed by atoms with E-state index in [-0.39, 0.29) is 17.7 Å². The summed E-state index contributed by atoms with van der Waals surface area (Å²) in [6, 6.07) is 0.0704. The molecule has 0 aromatic rings. The summed E-state index contributed by atoms with van der Waals surface area (Å²) < 4.78 is 17.3. The number of hydrogen-bond donors (Lipinski definition) is 2. The average Bonchev–Trinajstić information content (AvgIpc) is 2.44. The molecule has 4 unspecified atom stereocenters. The van der Waals surface area contributed by atoms with Crippen molar-refractivity contribution in [2.24, 2.45) is 23.3 Å². The van der Waals surface area contributed by atoms with Crippen LogP contribution in [0.1, 0.15) is 48.0 Å². The summed E-state index contributed by atoms with van der Waals surface area (Å²) >= 11 is 0. The molecule has 0 rings (SSSR count). The summed E-state index contributed by atoms with van der Waals surface area (Å²) in [7, 11) is 0. The van der Waals surface area contributed by atoms with E-state index in [1.807, 2.05) is 13.8 Å². The van der Waals surface area contributed by atoms with Gasteiger partial charge in [-0.15, -0.1) is 0 Å². The van der Waals surface area contributed by atoms with Gasteiger partial charge in [0.15, 0.2) is 0 Å². The number of ether oxygens (including phenoxy) is 3. The van der Waals surface area contributed by atoms with E-state index in [0.29, 0.717) is 44.8 Å². The van der Waals surface area contributed by atoms with Crippen LogP contribution in [0.25, 0.3) is 0 Å². The molecular weight excluding hydrogens is 280 g/mol. The minimum Gasteiger partial charge on any atom is -0.377 e. The maximum absolute atomic E-state index is 6.02. The first-order chi connectivity index (χ1) is 10.2. The summed E-state index contributed by atoms with van der Waals surface area (Å²) in [4.78, 5) is 0. The highest BCUT2D eigenvalue weighted by atomic mass is 16.5. The van der Waals surface area contributed by atoms with Crippen LogP contribution in [0.4, 0.5) is 0 Å². The molecule has 0 aliphatic heterocycles. The summed E-state index contributed by atoms with van der Waals surface area (Å²) in [5.41, 5.74) is 11.1. The van der Waals surface area contributed by atoms with Gasteiger partial charge in [-0.2, -0.15) is 0 Å². The van der Waals surface area contributed by atoms with Gasteiger partial charge in [0, 0.05) is 12.6 Å². The summed E-state index contributed by atoms with van der Waals surface area (Å²) in [5, 5.41) is 0. The van der Waals surface area contributed by atoms with E-state index in [1.165, 1.54) is 0 Å². The molecule has 0 bridgehead atoms. The second-order valence-corrected chi connectivity index (χ2v) is 7.14. The monoisotopic (exact) mass is 318 g/mol. The molecule has 0 aromatic heterocycles. The molecular formula is C17H38N2O3. The normalized spacial score (nSPS) is 18.0. The molecule has 0 saturated carbocycles. The zero-order valence-electron chi connectivity index (χ0n) is 15.4. The highest BCUT2D eigenvalue weighted by Crippen LogP contribution is 2.25. The molecule has 0 aromatic carbocycles. The van der Waals surface area contributed by atoms with E-state index in [2.05, 4.69) is 27.7 Å². The molecule has 4 N–H and O–H groups in total. The summed E-state index contributed by atoms with van der Waals surface area (Å²) in [6.07, 6.45) is 1.05. The van der Waals surface area contributed by atoms with Crippen molar-refractivity contribution in [3.05, 3.63) is 0 Å². The van der Waals surface area contributed by atoms with Crippen molar-refractivity contribution in [1.29, 1.82) is 0 Å². The van der Waals surface area contributed by atoms with Crippen LogP contribution in [0.5, 0.6) is 0 Å². The SMILES string of the molecule is CC(N)COCC(C)OCCC(C)C(C)(C)OCC(C)CN. The Kier molecular flexibility index (Phi) is 11.3. The molecule has 0 aliphatic rings. The Bertz CT molecular complexity index is 273. The van der Waals surface area contributed by atoms with Crippen molar-refractivity contribution in [3.8, 4) is 0 Å². The maximum atomic E-state index is 6.02.